The maximum Gasteiger partial charge on any atom is 0.248 e. The summed E-state index contributed by atoms with van der Waals surface area (Å²) in [5.74, 6) is -7.18. The van der Waals surface area contributed by atoms with Crippen LogP contribution in [0.3, 0.4) is 0 Å². The van der Waals surface area contributed by atoms with Crippen LogP contribution in [0.5, 0.6) is 0 Å². The predicted molar refractivity (Wildman–Crippen MR) is 326 cm³/mol. The lowest BCUT2D eigenvalue weighted by Crippen LogP contribution is -2.61. The molecule has 472 valence electrons. The predicted octanol–water partition coefficient (Wildman–Crippen LogP) is 2.59. The zero-order chi connectivity index (χ0) is 63.6. The number of hydrogen-bond donors (Lipinski definition) is 4. The molecular weight excluding hydrogens is 1110 g/mol. The Labute approximate surface area is 507 Å². The van der Waals surface area contributed by atoms with Gasteiger partial charge >= 0.3 is 0 Å². The number of amides is 10. The number of thioether (sulfide) groups is 1. The van der Waals surface area contributed by atoms with Crippen molar-refractivity contribution < 1.29 is 57.8 Å². The second-order valence-electron chi connectivity index (χ2n) is 24.6. The first-order valence-electron chi connectivity index (χ1n) is 29.6. The molecule has 85 heavy (non-hydrogen) atoms. The highest BCUT2D eigenvalue weighted by molar-refractivity contribution is 8.00. The molecule has 23 heteroatoms. The number of nitrogens with one attached hydrogen (secondary N) is 3. The van der Waals surface area contributed by atoms with Crippen molar-refractivity contribution in [3.05, 3.63) is 71.8 Å². The Kier molecular flexibility index (Phi) is 27.3. The number of benzene rings is 2. The number of nitrogens with zero attached hydrogens (tertiary/aromatic N) is 7. The Bertz CT molecular complexity index is 2600. The zero-order valence-corrected chi connectivity index (χ0v) is 53.6. The van der Waals surface area contributed by atoms with E-state index in [-0.39, 0.29) is 61.5 Å². The van der Waals surface area contributed by atoms with Gasteiger partial charge in [-0.15, -0.1) is 11.8 Å². The van der Waals surface area contributed by atoms with Crippen LogP contribution in [-0.4, -0.2) is 239 Å². The number of carbonyl (C=O) groups excluding carboxylic acids is 10. The van der Waals surface area contributed by atoms with Gasteiger partial charge in [0.15, 0.2) is 0 Å². The number of rotatable bonds is 12. The molecule has 2 aliphatic rings. The zero-order valence-electron chi connectivity index (χ0n) is 52.8. The third-order valence-electron chi connectivity index (χ3n) is 15.6. The van der Waals surface area contributed by atoms with Gasteiger partial charge in [-0.1, -0.05) is 88.4 Å². The first kappa shape index (κ1) is 70.9. The molecule has 2 aromatic rings. The summed E-state index contributed by atoms with van der Waals surface area (Å²) < 4.78 is 6.08. The SMILES string of the molecule is CC(C)C[C@H]1C(=O)NC(COC(C)(C)C)C(=O)N[C@H](C(=O)N2CCCCC2)CSCC(=O)N(C)[C@@H](Cc2ccccc2)C(=O)N(C)[C@@H](C)C(=O)N(C)[C@@H](Cc2ccccc2)C(=O)N(C)[C@@H](CC(C)C)C(=O)N[C@@H]([C@@H](C)O)C(=O)N(C)CC(=O)N1C. The smallest absolute Gasteiger partial charge is 0.248 e. The second-order valence-corrected chi connectivity index (χ2v) is 25.6. The Morgan fingerprint density at radius 1 is 0.600 bits per heavy atom. The molecule has 2 aliphatic heterocycles. The molecule has 0 spiro atoms. The van der Waals surface area contributed by atoms with E-state index in [1.165, 1.54) is 80.6 Å². The van der Waals surface area contributed by atoms with Crippen molar-refractivity contribution in [2.24, 2.45) is 11.8 Å². The number of aliphatic hydroxyl groups is 1. The van der Waals surface area contributed by atoms with Gasteiger partial charge in [-0.2, -0.15) is 0 Å². The molecule has 10 amide bonds. The van der Waals surface area contributed by atoms with E-state index in [4.69, 9.17) is 4.74 Å². The summed E-state index contributed by atoms with van der Waals surface area (Å²) in [4.78, 5) is 155. The Morgan fingerprint density at radius 2 is 1.07 bits per heavy atom. The minimum atomic E-state index is -1.62. The third-order valence-corrected chi connectivity index (χ3v) is 16.7. The number of piperidine rings is 1. The van der Waals surface area contributed by atoms with Crippen LogP contribution in [0, 0.1) is 11.8 Å². The fourth-order valence-electron chi connectivity index (χ4n) is 10.2. The van der Waals surface area contributed by atoms with Gasteiger partial charge in [-0.05, 0) is 89.7 Å². The molecule has 0 radical (unpaired) electrons. The highest BCUT2D eigenvalue weighted by Crippen LogP contribution is 2.22. The summed E-state index contributed by atoms with van der Waals surface area (Å²) in [6, 6.07) is 7.83. The maximum atomic E-state index is 15.1. The minimum absolute atomic E-state index is 0.000292. The summed E-state index contributed by atoms with van der Waals surface area (Å²) in [5.41, 5.74) is 0.623. The summed E-state index contributed by atoms with van der Waals surface area (Å²) in [6.07, 6.45) is 1.18. The van der Waals surface area contributed by atoms with Crippen molar-refractivity contribution in [1.82, 2.24) is 50.2 Å². The number of hydrogen-bond acceptors (Lipinski definition) is 13. The molecule has 0 saturated carbocycles. The summed E-state index contributed by atoms with van der Waals surface area (Å²) in [6.45, 7) is 15.5. The molecule has 22 nitrogen and oxygen atoms in total. The molecule has 9 atom stereocenters. The standard InChI is InChI=1S/C62H96N10O12S/c1-39(2)31-47-55(77)63-45(36-84-62(7,8)9)54(76)64-46(58(80)72-29-23-18-24-30-72)37-85-38-52(75)69(13)49(33-43-25-19-16-20-26-43)59(81)67(11)41(5)57(79)71(15)50(34-44-27-21-17-22-28-44)60(82)70(14)48(32-40(3)4)56(78)65-53(42(6)73)61(83)66(10)35-51(74)68(47)12/h16-17,19-22,25-28,39-42,45-50,53,73H,18,23-24,29-38H2,1-15H3,(H,63,77)(H,64,76)(H,65,78)/t41-,42+,45?,46-,47-,48-,49-,50-,53-/m0/s1. The summed E-state index contributed by atoms with van der Waals surface area (Å²) in [7, 11) is 8.53. The third kappa shape index (κ3) is 20.8. The molecule has 0 aromatic heterocycles. The monoisotopic (exact) mass is 1200 g/mol. The Balaban J connectivity index is 1.88. The number of likely N-dealkylation sites (N-methyl/N-ethyl adjacent to an activating group) is 6. The first-order chi connectivity index (χ1) is 39.8. The average molecular weight is 1210 g/mol. The average Bonchev–Trinajstić information content (AvgIpc) is 3.12. The molecule has 4 rings (SSSR count). The molecular formula is C62H96N10O12S. The van der Waals surface area contributed by atoms with E-state index in [0.29, 0.717) is 18.7 Å². The molecule has 0 aliphatic carbocycles. The lowest BCUT2D eigenvalue weighted by atomic mass is 9.98. The summed E-state index contributed by atoms with van der Waals surface area (Å²) in [5, 5.41) is 19.4. The number of aliphatic hydroxyl groups excluding tert-OH is 1. The van der Waals surface area contributed by atoms with Crippen LogP contribution in [0.2, 0.25) is 0 Å². The molecule has 1 unspecified atom stereocenters. The highest BCUT2D eigenvalue weighted by atomic mass is 32.2. The van der Waals surface area contributed by atoms with E-state index < -0.39 is 120 Å². The van der Waals surface area contributed by atoms with Crippen molar-refractivity contribution in [3.8, 4) is 0 Å². The largest absolute Gasteiger partial charge is 0.391 e. The quantitative estimate of drug-likeness (QED) is 0.239. The summed E-state index contributed by atoms with van der Waals surface area (Å²) >= 11 is 1.08. The van der Waals surface area contributed by atoms with Gasteiger partial charge in [0, 0.05) is 74.0 Å². The van der Waals surface area contributed by atoms with Gasteiger partial charge in [-0.25, -0.2) is 0 Å². The van der Waals surface area contributed by atoms with Crippen LogP contribution in [0.15, 0.2) is 60.7 Å². The van der Waals surface area contributed by atoms with E-state index in [9.17, 15) is 48.3 Å². The Hall–Kier alpha value is -6.59. The molecule has 2 fully saturated rings. The van der Waals surface area contributed by atoms with Gasteiger partial charge in [0.25, 0.3) is 0 Å². The minimum Gasteiger partial charge on any atom is -0.391 e. The lowest BCUT2D eigenvalue weighted by molar-refractivity contribution is -0.153. The maximum absolute atomic E-state index is 15.1. The number of carbonyl (C=O) groups is 10. The molecule has 2 aromatic carbocycles. The van der Waals surface area contributed by atoms with E-state index in [1.807, 2.05) is 45.9 Å². The second kappa shape index (κ2) is 32.8. The van der Waals surface area contributed by atoms with Crippen molar-refractivity contribution in [2.45, 2.75) is 167 Å². The molecule has 2 heterocycles. The molecule has 2 saturated heterocycles. The van der Waals surface area contributed by atoms with E-state index in [2.05, 4.69) is 16.0 Å². The fraction of sp³-hybridized carbons (Fsp3) is 0.645. The van der Waals surface area contributed by atoms with Gasteiger partial charge in [-0.3, -0.25) is 47.9 Å². The first-order valence-corrected chi connectivity index (χ1v) is 30.7. The van der Waals surface area contributed by atoms with Crippen molar-refractivity contribution in [3.63, 3.8) is 0 Å². The van der Waals surface area contributed by atoms with Gasteiger partial charge in [0.2, 0.25) is 59.1 Å². The Morgan fingerprint density at radius 3 is 1.58 bits per heavy atom. The fourth-order valence-corrected chi connectivity index (χ4v) is 11.2. The topological polar surface area (TPSA) is 259 Å². The van der Waals surface area contributed by atoms with Gasteiger partial charge in [0.1, 0.15) is 48.3 Å². The molecule has 4 N–H and O–H groups in total. The highest BCUT2D eigenvalue weighted by Gasteiger charge is 2.42. The molecule has 0 bridgehead atoms. The van der Waals surface area contributed by atoms with Crippen LogP contribution in [0.4, 0.5) is 0 Å². The van der Waals surface area contributed by atoms with Crippen molar-refractivity contribution in [1.29, 1.82) is 0 Å². The van der Waals surface area contributed by atoms with E-state index in [0.717, 1.165) is 41.5 Å². The van der Waals surface area contributed by atoms with Crippen LogP contribution >= 0.6 is 11.8 Å². The van der Waals surface area contributed by atoms with E-state index >= 15 is 4.79 Å². The van der Waals surface area contributed by atoms with Crippen LogP contribution in [-0.2, 0) is 65.5 Å². The number of ether oxygens (including phenoxy) is 1. The van der Waals surface area contributed by atoms with Gasteiger partial charge < -0.3 is 60.1 Å². The van der Waals surface area contributed by atoms with Crippen LogP contribution in [0.25, 0.3) is 0 Å². The van der Waals surface area contributed by atoms with Gasteiger partial charge in [0.05, 0.1) is 30.6 Å². The van der Waals surface area contributed by atoms with Crippen LogP contribution in [0.1, 0.15) is 106 Å². The lowest BCUT2D eigenvalue weighted by Gasteiger charge is -2.38. The normalized spacial score (nSPS) is 25.1. The van der Waals surface area contributed by atoms with E-state index in [1.54, 1.807) is 68.1 Å². The van der Waals surface area contributed by atoms with Crippen molar-refractivity contribution in [2.75, 3.05) is 80.0 Å². The van der Waals surface area contributed by atoms with Crippen LogP contribution < -0.4 is 16.0 Å². The van der Waals surface area contributed by atoms with Crippen molar-refractivity contribution >= 4 is 70.8 Å². The number of likely N-dealkylation sites (tertiary alicyclic amines) is 1.